The molecule has 0 aromatic heterocycles. The fourth-order valence-corrected chi connectivity index (χ4v) is 2.46. The number of carbonyl (C=O) groups is 3. The smallest absolute Gasteiger partial charge is 0.305 e. The van der Waals surface area contributed by atoms with Crippen LogP contribution in [0.2, 0.25) is 0 Å². The lowest BCUT2D eigenvalue weighted by Gasteiger charge is -2.21. The van der Waals surface area contributed by atoms with Gasteiger partial charge in [-0.15, -0.1) is 0 Å². The van der Waals surface area contributed by atoms with Crippen LogP contribution in [0.4, 0.5) is 0 Å². The van der Waals surface area contributed by atoms with Crippen molar-refractivity contribution in [1.82, 2.24) is 0 Å². The number of hydrogen-bond donors (Lipinski definition) is 0. The van der Waals surface area contributed by atoms with Crippen LogP contribution in [-0.2, 0) is 28.6 Å². The molecule has 172 valence electrons. The maximum atomic E-state index is 11.5. The molecule has 31 heavy (non-hydrogen) atoms. The van der Waals surface area contributed by atoms with Crippen LogP contribution in [0.25, 0.3) is 0 Å². The number of esters is 3. The Morgan fingerprint density at radius 3 is 2.00 bits per heavy atom. The largest absolute Gasteiger partial charge is 0.469 e. The van der Waals surface area contributed by atoms with Crippen LogP contribution in [0.15, 0.2) is 60.8 Å². The summed E-state index contributed by atoms with van der Waals surface area (Å²) < 4.78 is 15.3. The van der Waals surface area contributed by atoms with E-state index in [0.717, 1.165) is 25.7 Å². The van der Waals surface area contributed by atoms with Gasteiger partial charge in [-0.05, 0) is 44.3 Å². The Bertz CT molecular complexity index is 669. The first-order valence-corrected chi connectivity index (χ1v) is 10.6. The first kappa shape index (κ1) is 28.1. The zero-order chi connectivity index (χ0) is 23.3. The Kier molecular flexibility index (Phi) is 17.3. The molecule has 6 nitrogen and oxygen atoms in total. The highest BCUT2D eigenvalue weighted by Crippen LogP contribution is 2.11. The molecule has 0 heterocycles. The van der Waals surface area contributed by atoms with E-state index >= 15 is 0 Å². The summed E-state index contributed by atoms with van der Waals surface area (Å²) in [6.07, 6.45) is 21.9. The molecular weight excluding hydrogens is 396 g/mol. The van der Waals surface area contributed by atoms with Crippen molar-refractivity contribution in [3.63, 3.8) is 0 Å². The first-order valence-electron chi connectivity index (χ1n) is 10.6. The maximum absolute atomic E-state index is 11.5. The van der Waals surface area contributed by atoms with Gasteiger partial charge in [0.15, 0.2) is 12.2 Å². The molecule has 2 unspecified atom stereocenters. The van der Waals surface area contributed by atoms with E-state index in [1.54, 1.807) is 18.2 Å². The minimum absolute atomic E-state index is 0.194. The van der Waals surface area contributed by atoms with Crippen molar-refractivity contribution >= 4 is 17.9 Å². The summed E-state index contributed by atoms with van der Waals surface area (Å²) in [7, 11) is 1.39. The topological polar surface area (TPSA) is 78.9 Å². The van der Waals surface area contributed by atoms with Crippen molar-refractivity contribution in [2.45, 2.75) is 71.5 Å². The van der Waals surface area contributed by atoms with Crippen molar-refractivity contribution in [3.05, 3.63) is 60.8 Å². The summed E-state index contributed by atoms with van der Waals surface area (Å²) in [5, 5.41) is 0. The number of hydrogen-bond acceptors (Lipinski definition) is 6. The lowest BCUT2D eigenvalue weighted by atomic mass is 10.1. The average molecular weight is 433 g/mol. The second-order valence-corrected chi connectivity index (χ2v) is 6.68. The highest BCUT2D eigenvalue weighted by molar-refractivity contribution is 5.69. The van der Waals surface area contributed by atoms with Gasteiger partial charge >= 0.3 is 17.9 Å². The van der Waals surface area contributed by atoms with E-state index in [1.807, 2.05) is 42.5 Å². The van der Waals surface area contributed by atoms with E-state index in [4.69, 9.17) is 9.47 Å². The number of methoxy groups -OCH3 is 1. The number of allylic oxidation sites excluding steroid dienone is 8. The summed E-state index contributed by atoms with van der Waals surface area (Å²) in [4.78, 5) is 34.0. The van der Waals surface area contributed by atoms with Crippen molar-refractivity contribution in [1.29, 1.82) is 0 Å². The van der Waals surface area contributed by atoms with Gasteiger partial charge in [-0.25, -0.2) is 0 Å². The molecule has 2 atom stereocenters. The van der Waals surface area contributed by atoms with E-state index in [2.05, 4.69) is 11.7 Å². The Balaban J connectivity index is 4.79. The molecule has 0 N–H and O–H groups in total. The van der Waals surface area contributed by atoms with Gasteiger partial charge in [-0.1, -0.05) is 55.5 Å². The van der Waals surface area contributed by atoms with Gasteiger partial charge in [0.25, 0.3) is 0 Å². The molecular formula is C25H36O6. The van der Waals surface area contributed by atoms with Crippen LogP contribution in [0.5, 0.6) is 0 Å². The minimum Gasteiger partial charge on any atom is -0.469 e. The lowest BCUT2D eigenvalue weighted by Crippen LogP contribution is -2.31. The Morgan fingerprint density at radius 1 is 0.774 bits per heavy atom. The Hall–Kier alpha value is -2.89. The third kappa shape index (κ3) is 17.7. The molecule has 0 saturated heterocycles. The first-order chi connectivity index (χ1) is 14.9. The van der Waals surface area contributed by atoms with E-state index in [0.29, 0.717) is 12.8 Å². The predicted molar refractivity (Wildman–Crippen MR) is 122 cm³/mol. The Morgan fingerprint density at radius 2 is 1.39 bits per heavy atom. The highest BCUT2D eigenvalue weighted by Gasteiger charge is 2.22. The maximum Gasteiger partial charge on any atom is 0.305 e. The minimum atomic E-state index is -0.716. The van der Waals surface area contributed by atoms with Crippen LogP contribution in [-0.4, -0.2) is 37.2 Å². The lowest BCUT2D eigenvalue weighted by molar-refractivity contribution is -0.158. The van der Waals surface area contributed by atoms with Gasteiger partial charge < -0.3 is 14.2 Å². The predicted octanol–water partition coefficient (Wildman–Crippen LogP) is 5.16. The van der Waals surface area contributed by atoms with Gasteiger partial charge in [0, 0.05) is 20.3 Å². The van der Waals surface area contributed by atoms with Crippen molar-refractivity contribution in [2.24, 2.45) is 0 Å². The number of carbonyl (C=O) groups excluding carboxylic acids is 3. The van der Waals surface area contributed by atoms with E-state index < -0.39 is 24.1 Å². The van der Waals surface area contributed by atoms with E-state index in [-0.39, 0.29) is 5.97 Å². The SMILES string of the molecule is CCC=CCC=CC(OC(C)=O)C(C=CC=CCC=CCCCC(=O)OC)OC(C)=O. The third-order valence-corrected chi connectivity index (χ3v) is 3.89. The van der Waals surface area contributed by atoms with Crippen molar-refractivity contribution < 1.29 is 28.6 Å². The van der Waals surface area contributed by atoms with Crippen LogP contribution < -0.4 is 0 Å². The Labute approximate surface area is 186 Å². The molecule has 0 aliphatic rings. The highest BCUT2D eigenvalue weighted by atomic mass is 16.6. The molecule has 0 amide bonds. The molecule has 0 bridgehead atoms. The van der Waals surface area contributed by atoms with E-state index in [1.165, 1.54) is 21.0 Å². The summed E-state index contributed by atoms with van der Waals surface area (Å²) >= 11 is 0. The summed E-state index contributed by atoms with van der Waals surface area (Å²) in [5.74, 6) is -1.10. The summed E-state index contributed by atoms with van der Waals surface area (Å²) in [6, 6.07) is 0. The van der Waals surface area contributed by atoms with Gasteiger partial charge in [0.1, 0.15) is 0 Å². The van der Waals surface area contributed by atoms with Crippen molar-refractivity contribution in [2.75, 3.05) is 7.11 Å². The molecule has 0 aliphatic heterocycles. The van der Waals surface area contributed by atoms with Crippen LogP contribution in [0.1, 0.15) is 59.3 Å². The summed E-state index contributed by atoms with van der Waals surface area (Å²) in [6.45, 7) is 4.70. The molecule has 0 spiro atoms. The molecule has 0 aromatic carbocycles. The molecule has 0 fully saturated rings. The van der Waals surface area contributed by atoms with Gasteiger partial charge in [-0.2, -0.15) is 0 Å². The fourth-order valence-electron chi connectivity index (χ4n) is 2.46. The molecule has 0 rings (SSSR count). The quantitative estimate of drug-likeness (QED) is 0.117. The standard InChI is InChI=1S/C25H36O6/c1-5-6-7-12-15-18-23(30-21(2)26)24(31-22(3)27)19-16-13-10-8-9-11-14-17-20-25(28)29-4/h6-7,9-11,13,15-16,18-19,23-24H,5,8,12,14,17,20H2,1-4H3. The third-order valence-electron chi connectivity index (χ3n) is 3.89. The van der Waals surface area contributed by atoms with Crippen LogP contribution in [0, 0.1) is 0 Å². The fraction of sp³-hybridized carbons (Fsp3) is 0.480. The second-order valence-electron chi connectivity index (χ2n) is 6.68. The monoisotopic (exact) mass is 432 g/mol. The normalized spacial score (nSPS) is 14.1. The molecule has 0 aliphatic carbocycles. The second kappa shape index (κ2) is 19.1. The number of ether oxygens (including phenoxy) is 3. The van der Waals surface area contributed by atoms with Gasteiger partial charge in [0.2, 0.25) is 0 Å². The van der Waals surface area contributed by atoms with Crippen molar-refractivity contribution in [3.8, 4) is 0 Å². The zero-order valence-corrected chi connectivity index (χ0v) is 19.1. The van der Waals surface area contributed by atoms with Crippen LogP contribution >= 0.6 is 0 Å². The molecule has 0 radical (unpaired) electrons. The van der Waals surface area contributed by atoms with Gasteiger partial charge in [-0.3, -0.25) is 14.4 Å². The molecule has 0 aromatic rings. The van der Waals surface area contributed by atoms with Gasteiger partial charge in [0.05, 0.1) is 7.11 Å². The summed E-state index contributed by atoms with van der Waals surface area (Å²) in [5.41, 5.74) is 0. The number of unbranched alkanes of at least 4 members (excludes halogenated alkanes) is 1. The molecule has 6 heteroatoms. The zero-order valence-electron chi connectivity index (χ0n) is 19.1. The number of rotatable bonds is 15. The van der Waals surface area contributed by atoms with Crippen LogP contribution in [0.3, 0.4) is 0 Å². The van der Waals surface area contributed by atoms with E-state index in [9.17, 15) is 14.4 Å². The molecule has 0 saturated carbocycles. The average Bonchev–Trinajstić information content (AvgIpc) is 2.72.